The van der Waals surface area contributed by atoms with E-state index in [1.54, 1.807) is 0 Å². The van der Waals surface area contributed by atoms with Gasteiger partial charge in [-0.1, -0.05) is 63.9 Å². The van der Waals surface area contributed by atoms with E-state index in [4.69, 9.17) is 8.53 Å². The Morgan fingerprint density at radius 3 is 2.00 bits per heavy atom. The van der Waals surface area contributed by atoms with Crippen LogP contribution in [-0.2, 0) is 8.53 Å². The molecule has 0 aliphatic carbocycles. The highest BCUT2D eigenvalue weighted by molar-refractivity contribution is 6.51. The Bertz CT molecular complexity index is 147. The first-order chi connectivity index (χ1) is 8.28. The van der Waals surface area contributed by atoms with Crippen molar-refractivity contribution in [2.45, 2.75) is 83.1 Å². The van der Waals surface area contributed by atoms with E-state index >= 15 is 0 Å². The molecule has 0 fully saturated rings. The van der Waals surface area contributed by atoms with Crippen molar-refractivity contribution in [3.63, 3.8) is 0 Å². The van der Waals surface area contributed by atoms with Gasteiger partial charge in [-0.2, -0.15) is 0 Å². The molecule has 0 amide bonds. The van der Waals surface area contributed by atoms with Gasteiger partial charge in [0.1, 0.15) is 6.29 Å². The van der Waals surface area contributed by atoms with E-state index in [1.807, 2.05) is 0 Å². The van der Waals surface area contributed by atoms with Gasteiger partial charge in [0.05, 0.1) is 0 Å². The fourth-order valence-electron chi connectivity index (χ4n) is 1.92. The maximum absolute atomic E-state index is 6.24. The number of hydrogen-bond donors (Lipinski definition) is 0. The molecule has 1 unspecified atom stereocenters. The summed E-state index contributed by atoms with van der Waals surface area (Å²) in [7, 11) is 0. The van der Waals surface area contributed by atoms with Crippen molar-refractivity contribution < 1.29 is 8.53 Å². The van der Waals surface area contributed by atoms with Crippen LogP contribution in [0.1, 0.15) is 66.2 Å². The van der Waals surface area contributed by atoms with Crippen LogP contribution >= 0.6 is 0 Å². The highest BCUT2D eigenvalue weighted by Gasteiger charge is 2.22. The summed E-state index contributed by atoms with van der Waals surface area (Å²) >= 11 is -1.000. The van der Waals surface area contributed by atoms with E-state index in [0.717, 1.165) is 25.9 Å². The van der Waals surface area contributed by atoms with Gasteiger partial charge in [0.15, 0.2) is 0 Å². The van der Waals surface area contributed by atoms with Crippen LogP contribution in [-0.4, -0.2) is 27.4 Å². The average Bonchev–Trinajstić information content (AvgIpc) is 2.30. The molecule has 0 saturated carbocycles. The molecule has 0 rings (SSSR count). The second-order valence-corrected chi connectivity index (χ2v) is 7.45. The molecule has 0 saturated heterocycles. The average molecular weight is 258 g/mol. The number of rotatable bonds is 12. The molecular formula is C14H31AlO2. The molecule has 102 valence electrons. The third-order valence-corrected chi connectivity index (χ3v) is 6.02. The van der Waals surface area contributed by atoms with Gasteiger partial charge in [0.25, 0.3) is 0 Å². The van der Waals surface area contributed by atoms with Crippen LogP contribution in [0.2, 0.25) is 10.6 Å². The van der Waals surface area contributed by atoms with Gasteiger partial charge in [-0.15, -0.1) is 0 Å². The van der Waals surface area contributed by atoms with Gasteiger partial charge in [-0.05, 0) is 12.8 Å². The second-order valence-electron chi connectivity index (χ2n) is 4.78. The molecule has 3 heteroatoms. The first-order valence-electron chi connectivity index (χ1n) is 7.55. The maximum Gasteiger partial charge on any atom is 0.462 e. The van der Waals surface area contributed by atoms with E-state index in [0.29, 0.717) is 0 Å². The van der Waals surface area contributed by atoms with Crippen LogP contribution in [0.3, 0.4) is 0 Å². The monoisotopic (exact) mass is 258 g/mol. The fourth-order valence-corrected chi connectivity index (χ4v) is 4.42. The first kappa shape index (κ1) is 17.5. The maximum atomic E-state index is 6.24. The largest absolute Gasteiger partial charge is 0.478 e. The Kier molecular flexibility index (Phi) is 13.2. The van der Waals surface area contributed by atoms with E-state index in [-0.39, 0.29) is 6.29 Å². The molecule has 0 aromatic rings. The van der Waals surface area contributed by atoms with Gasteiger partial charge < -0.3 is 8.53 Å². The van der Waals surface area contributed by atoms with E-state index < -0.39 is 14.5 Å². The first-order valence-corrected chi connectivity index (χ1v) is 9.65. The van der Waals surface area contributed by atoms with Crippen molar-refractivity contribution in [3.8, 4) is 0 Å². The summed E-state index contributed by atoms with van der Waals surface area (Å²) in [5.74, 6) is 0. The highest BCUT2D eigenvalue weighted by Crippen LogP contribution is 2.14. The molecular weight excluding hydrogens is 227 g/mol. The lowest BCUT2D eigenvalue weighted by Gasteiger charge is -2.23. The minimum absolute atomic E-state index is 0.0846. The molecule has 0 heterocycles. The number of unbranched alkanes of at least 4 members (excludes halogenated alkanes) is 1. The summed E-state index contributed by atoms with van der Waals surface area (Å²) in [5, 5.41) is 2.59. The normalized spacial score (nSPS) is 12.7. The van der Waals surface area contributed by atoms with Gasteiger partial charge in [-0.3, -0.25) is 0 Å². The molecule has 0 spiro atoms. The minimum atomic E-state index is -1.000. The van der Waals surface area contributed by atoms with Gasteiger partial charge in [-0.25, -0.2) is 0 Å². The fraction of sp³-hybridized carbons (Fsp3) is 1.00. The lowest BCUT2D eigenvalue weighted by molar-refractivity contribution is -0.0886. The summed E-state index contributed by atoms with van der Waals surface area (Å²) in [4.78, 5) is 0. The van der Waals surface area contributed by atoms with Crippen molar-refractivity contribution >= 4 is 14.5 Å². The molecule has 2 nitrogen and oxygen atoms in total. The van der Waals surface area contributed by atoms with Crippen LogP contribution in [0.25, 0.3) is 0 Å². The number of hydrogen-bond acceptors (Lipinski definition) is 2. The number of ether oxygens (including phenoxy) is 1. The smallest absolute Gasteiger partial charge is 0.462 e. The van der Waals surface area contributed by atoms with Crippen LogP contribution in [0.4, 0.5) is 0 Å². The third-order valence-electron chi connectivity index (χ3n) is 2.89. The van der Waals surface area contributed by atoms with Crippen LogP contribution in [0.5, 0.6) is 0 Å². The molecule has 0 N–H and O–H groups in total. The Hall–Kier alpha value is 0.452. The Morgan fingerprint density at radius 1 is 0.882 bits per heavy atom. The summed E-state index contributed by atoms with van der Waals surface area (Å²) in [6.45, 7) is 9.78. The van der Waals surface area contributed by atoms with Crippen LogP contribution < -0.4 is 0 Å². The lowest BCUT2D eigenvalue weighted by Crippen LogP contribution is -2.28. The van der Waals surface area contributed by atoms with E-state index in [1.165, 1.54) is 29.8 Å². The topological polar surface area (TPSA) is 18.5 Å². The second kappa shape index (κ2) is 12.9. The molecule has 0 aromatic carbocycles. The van der Waals surface area contributed by atoms with Crippen molar-refractivity contribution in [3.05, 3.63) is 0 Å². The summed E-state index contributed by atoms with van der Waals surface area (Å²) in [5.41, 5.74) is 0. The Balaban J connectivity index is 3.98. The third kappa shape index (κ3) is 10.1. The summed E-state index contributed by atoms with van der Waals surface area (Å²) < 4.78 is 12.1. The Morgan fingerprint density at radius 2 is 1.53 bits per heavy atom. The molecule has 0 radical (unpaired) electrons. The molecule has 0 aliphatic rings. The zero-order chi connectivity index (χ0) is 12.9. The van der Waals surface area contributed by atoms with Crippen LogP contribution in [0.15, 0.2) is 0 Å². The zero-order valence-corrected chi connectivity index (χ0v) is 13.5. The summed E-state index contributed by atoms with van der Waals surface area (Å²) in [6.07, 6.45) is 7.15. The zero-order valence-electron chi connectivity index (χ0n) is 12.3. The van der Waals surface area contributed by atoms with Crippen molar-refractivity contribution in [1.29, 1.82) is 0 Å². The van der Waals surface area contributed by atoms with Crippen molar-refractivity contribution in [2.24, 2.45) is 0 Å². The standard InChI is InChI=1S/C8H17O2.2C3H7.Al/c1-3-5-7-10-8(9)6-4-2;2*1-3-2;/h8H,3-7H2,1-2H3;2*1,3H2,2H3;/q-1;;;+1. The molecule has 0 bridgehead atoms. The molecule has 1 atom stereocenters. The molecule has 0 aromatic heterocycles. The van der Waals surface area contributed by atoms with Crippen LogP contribution in [0, 0.1) is 0 Å². The van der Waals surface area contributed by atoms with Gasteiger partial charge in [0.2, 0.25) is 0 Å². The van der Waals surface area contributed by atoms with Crippen molar-refractivity contribution in [2.75, 3.05) is 6.61 Å². The SMILES string of the molecule is CCCCOC(CCC)[O][Al]([CH2]CC)[CH2]CC. The van der Waals surface area contributed by atoms with E-state index in [2.05, 4.69) is 27.7 Å². The summed E-state index contributed by atoms with van der Waals surface area (Å²) in [6, 6.07) is 0. The molecule has 0 aliphatic heterocycles. The van der Waals surface area contributed by atoms with Gasteiger partial charge >= 0.3 is 14.5 Å². The molecule has 17 heavy (non-hydrogen) atoms. The predicted octanol–water partition coefficient (Wildman–Crippen LogP) is 4.76. The minimum Gasteiger partial charge on any atom is -0.478 e. The quantitative estimate of drug-likeness (QED) is 0.285. The van der Waals surface area contributed by atoms with Gasteiger partial charge in [0, 0.05) is 6.61 Å². The van der Waals surface area contributed by atoms with E-state index in [9.17, 15) is 0 Å². The predicted molar refractivity (Wildman–Crippen MR) is 76.6 cm³/mol. The highest BCUT2D eigenvalue weighted by atomic mass is 27.2. The van der Waals surface area contributed by atoms with Crippen molar-refractivity contribution in [1.82, 2.24) is 0 Å². The Labute approximate surface area is 113 Å². The lowest BCUT2D eigenvalue weighted by atomic mass is 10.3.